The maximum atomic E-state index is 11.9. The second-order valence-corrected chi connectivity index (χ2v) is 8.64. The fraction of sp³-hybridized carbons (Fsp3) is 0.444. The molecule has 0 aliphatic carbocycles. The van der Waals surface area contributed by atoms with Crippen LogP contribution in [0.2, 0.25) is 0 Å². The first kappa shape index (κ1) is 19.5. The molecule has 0 spiro atoms. The van der Waals surface area contributed by atoms with Crippen molar-refractivity contribution < 1.29 is 14.4 Å². The number of nitrogens with zero attached hydrogens (tertiary/aromatic N) is 3. The van der Waals surface area contributed by atoms with Gasteiger partial charge in [-0.15, -0.1) is 22.7 Å². The van der Waals surface area contributed by atoms with Crippen molar-refractivity contribution in [2.75, 3.05) is 26.7 Å². The second-order valence-electron chi connectivity index (χ2n) is 6.41. The van der Waals surface area contributed by atoms with E-state index < -0.39 is 0 Å². The number of aromatic nitrogens is 1. The van der Waals surface area contributed by atoms with E-state index in [-0.39, 0.29) is 30.9 Å². The number of imide groups is 1. The van der Waals surface area contributed by atoms with Crippen molar-refractivity contribution in [2.45, 2.75) is 26.2 Å². The van der Waals surface area contributed by atoms with Crippen LogP contribution in [-0.4, -0.2) is 59.3 Å². The third-order valence-electron chi connectivity index (χ3n) is 4.24. The summed E-state index contributed by atoms with van der Waals surface area (Å²) < 4.78 is 0. The monoisotopic (exact) mass is 406 g/mol. The number of hydrogen-bond acceptors (Lipinski definition) is 6. The number of carbonyl (C=O) groups is 3. The van der Waals surface area contributed by atoms with Crippen LogP contribution in [0.3, 0.4) is 0 Å². The van der Waals surface area contributed by atoms with Crippen LogP contribution in [0.5, 0.6) is 0 Å². The zero-order valence-electron chi connectivity index (χ0n) is 15.4. The molecule has 0 saturated carbocycles. The summed E-state index contributed by atoms with van der Waals surface area (Å²) in [6, 6.07) is 3.85. The summed E-state index contributed by atoms with van der Waals surface area (Å²) in [5.74, 6) is -0.263. The van der Waals surface area contributed by atoms with Crippen LogP contribution < -0.4 is 5.32 Å². The van der Waals surface area contributed by atoms with Gasteiger partial charge in [-0.25, -0.2) is 9.78 Å². The van der Waals surface area contributed by atoms with E-state index >= 15 is 0 Å². The summed E-state index contributed by atoms with van der Waals surface area (Å²) in [7, 11) is 1.60. The molecule has 9 heteroatoms. The number of likely N-dealkylation sites (N-methyl/N-ethyl adjacent to an activating group) is 1. The minimum Gasteiger partial charge on any atom is -0.356 e. The molecule has 1 saturated heterocycles. The Morgan fingerprint density at radius 1 is 1.33 bits per heavy atom. The topological polar surface area (TPSA) is 82.6 Å². The molecule has 1 aliphatic heterocycles. The largest absolute Gasteiger partial charge is 0.356 e. The molecule has 0 radical (unpaired) electrons. The van der Waals surface area contributed by atoms with E-state index in [0.29, 0.717) is 19.4 Å². The van der Waals surface area contributed by atoms with Crippen molar-refractivity contribution in [3.05, 3.63) is 27.4 Å². The van der Waals surface area contributed by atoms with Crippen molar-refractivity contribution in [1.29, 1.82) is 0 Å². The first-order chi connectivity index (χ1) is 12.9. The molecular weight excluding hydrogens is 384 g/mol. The van der Waals surface area contributed by atoms with Gasteiger partial charge in [-0.3, -0.25) is 14.5 Å². The van der Waals surface area contributed by atoms with Crippen LogP contribution in [0.4, 0.5) is 4.79 Å². The Morgan fingerprint density at radius 2 is 2.15 bits per heavy atom. The number of thiophene rings is 1. The van der Waals surface area contributed by atoms with Gasteiger partial charge in [0.1, 0.15) is 6.54 Å². The van der Waals surface area contributed by atoms with Crippen LogP contribution >= 0.6 is 22.7 Å². The van der Waals surface area contributed by atoms with Crippen LogP contribution in [0.15, 0.2) is 17.5 Å². The number of rotatable bonds is 8. The van der Waals surface area contributed by atoms with Gasteiger partial charge in [-0.05, 0) is 31.9 Å². The molecule has 4 amide bonds. The summed E-state index contributed by atoms with van der Waals surface area (Å²) in [5, 5.41) is 6.00. The highest BCUT2D eigenvalue weighted by Crippen LogP contribution is 2.29. The Morgan fingerprint density at radius 3 is 2.81 bits per heavy atom. The predicted molar refractivity (Wildman–Crippen MR) is 106 cm³/mol. The highest BCUT2D eigenvalue weighted by atomic mass is 32.1. The van der Waals surface area contributed by atoms with E-state index in [0.717, 1.165) is 22.0 Å². The lowest BCUT2D eigenvalue weighted by atomic mass is 10.2. The van der Waals surface area contributed by atoms with Gasteiger partial charge in [-0.1, -0.05) is 0 Å². The van der Waals surface area contributed by atoms with Crippen LogP contribution in [0.25, 0.3) is 10.6 Å². The van der Waals surface area contributed by atoms with Crippen LogP contribution in [0.1, 0.15) is 22.7 Å². The van der Waals surface area contributed by atoms with Crippen molar-refractivity contribution in [1.82, 2.24) is 20.1 Å². The Kier molecular flexibility index (Phi) is 6.22. The second kappa shape index (κ2) is 8.62. The van der Waals surface area contributed by atoms with E-state index in [1.165, 1.54) is 14.7 Å². The smallest absolute Gasteiger partial charge is 0.326 e. The van der Waals surface area contributed by atoms with Crippen molar-refractivity contribution in [3.63, 3.8) is 0 Å². The molecule has 0 aromatic carbocycles. The van der Waals surface area contributed by atoms with Gasteiger partial charge in [0.05, 0.1) is 15.6 Å². The first-order valence-corrected chi connectivity index (χ1v) is 10.5. The Balaban J connectivity index is 1.36. The van der Waals surface area contributed by atoms with Crippen LogP contribution in [-0.2, 0) is 16.0 Å². The Bertz CT molecular complexity index is 845. The number of nitrogens with one attached hydrogen (secondary N) is 1. The maximum absolute atomic E-state index is 11.9. The normalized spacial score (nSPS) is 14.3. The highest BCUT2D eigenvalue weighted by molar-refractivity contribution is 7.16. The molecule has 0 atom stereocenters. The maximum Gasteiger partial charge on any atom is 0.326 e. The molecule has 2 aromatic rings. The fourth-order valence-corrected chi connectivity index (χ4v) is 4.48. The number of carbonyl (C=O) groups excluding carboxylic acids is 3. The zero-order valence-corrected chi connectivity index (χ0v) is 17.0. The van der Waals surface area contributed by atoms with Gasteiger partial charge in [0.2, 0.25) is 11.8 Å². The van der Waals surface area contributed by atoms with Crippen LogP contribution in [0, 0.1) is 6.92 Å². The minimum atomic E-state index is -0.288. The number of urea groups is 1. The third kappa shape index (κ3) is 4.92. The van der Waals surface area contributed by atoms with Gasteiger partial charge in [0.15, 0.2) is 0 Å². The van der Waals surface area contributed by atoms with Crippen molar-refractivity contribution in [3.8, 4) is 10.6 Å². The average Bonchev–Trinajstić information content (AvgIpc) is 3.31. The molecule has 2 aromatic heterocycles. The molecule has 0 unspecified atom stereocenters. The summed E-state index contributed by atoms with van der Waals surface area (Å²) in [4.78, 5) is 44.8. The van der Waals surface area contributed by atoms with E-state index in [1.807, 2.05) is 6.92 Å². The molecule has 0 bridgehead atoms. The molecule has 3 rings (SSSR count). The van der Waals surface area contributed by atoms with E-state index in [2.05, 4.69) is 27.8 Å². The van der Waals surface area contributed by atoms with Gasteiger partial charge >= 0.3 is 6.03 Å². The van der Waals surface area contributed by atoms with E-state index in [9.17, 15) is 14.4 Å². The summed E-state index contributed by atoms with van der Waals surface area (Å²) in [5.41, 5.74) is 1.01. The Labute approximate surface area is 166 Å². The molecule has 1 N–H and O–H groups in total. The average molecular weight is 407 g/mol. The standard InChI is InChI=1S/C18H22N4O3S2/c1-12-20-14(11-26-12)15-6-5-13(27-15)7-8-19-16(23)4-3-9-22-17(24)10-21(2)18(22)25/h5-6,11H,3-4,7-10H2,1-2H3,(H,19,23). The van der Waals surface area contributed by atoms with Crippen molar-refractivity contribution in [2.24, 2.45) is 0 Å². The summed E-state index contributed by atoms with van der Waals surface area (Å²) in [6.45, 7) is 2.97. The molecule has 144 valence electrons. The van der Waals surface area contributed by atoms with Gasteiger partial charge in [0, 0.05) is 36.8 Å². The number of aryl methyl sites for hydroxylation is 1. The predicted octanol–water partition coefficient (Wildman–Crippen LogP) is 2.51. The fourth-order valence-electron chi connectivity index (χ4n) is 2.83. The molecule has 7 nitrogen and oxygen atoms in total. The van der Waals surface area contributed by atoms with Crippen molar-refractivity contribution >= 4 is 40.5 Å². The molecule has 3 heterocycles. The summed E-state index contributed by atoms with van der Waals surface area (Å²) in [6.07, 6.45) is 1.55. The number of thiazole rings is 1. The quantitative estimate of drug-likeness (QED) is 0.683. The van der Waals surface area contributed by atoms with E-state index in [1.54, 1.807) is 29.7 Å². The molecule has 1 fully saturated rings. The lowest BCUT2D eigenvalue weighted by Gasteiger charge is -2.13. The third-order valence-corrected chi connectivity index (χ3v) is 6.18. The number of hydrogen-bond donors (Lipinski definition) is 1. The minimum absolute atomic E-state index is 0.0608. The summed E-state index contributed by atoms with van der Waals surface area (Å²) >= 11 is 3.33. The molecule has 27 heavy (non-hydrogen) atoms. The van der Waals surface area contributed by atoms with Gasteiger partial charge in [0.25, 0.3) is 0 Å². The molecular formula is C18H22N4O3S2. The number of amides is 4. The first-order valence-electron chi connectivity index (χ1n) is 8.77. The Hall–Kier alpha value is -2.26. The van der Waals surface area contributed by atoms with Gasteiger partial charge in [-0.2, -0.15) is 0 Å². The zero-order chi connectivity index (χ0) is 19.4. The van der Waals surface area contributed by atoms with Gasteiger partial charge < -0.3 is 10.2 Å². The SMILES string of the molecule is Cc1nc(-c2ccc(CCNC(=O)CCCN3C(=O)CN(C)C3=O)s2)cs1. The highest BCUT2D eigenvalue weighted by Gasteiger charge is 2.32. The lowest BCUT2D eigenvalue weighted by Crippen LogP contribution is -2.33. The molecule has 1 aliphatic rings. The van der Waals surface area contributed by atoms with E-state index in [4.69, 9.17) is 0 Å². The lowest BCUT2D eigenvalue weighted by molar-refractivity contribution is -0.126.